The maximum absolute atomic E-state index is 12.8. The van der Waals surface area contributed by atoms with Crippen LogP contribution >= 0.6 is 0 Å². The largest absolute Gasteiger partial charge is 0.462 e. The lowest BCUT2D eigenvalue weighted by Gasteiger charge is -2.18. The van der Waals surface area contributed by atoms with E-state index in [0.29, 0.717) is 19.3 Å². The molecular weight excluding hydrogens is 865 g/mol. The summed E-state index contributed by atoms with van der Waals surface area (Å²) in [6, 6.07) is 0. The summed E-state index contributed by atoms with van der Waals surface area (Å²) in [7, 11) is 0. The van der Waals surface area contributed by atoms with Gasteiger partial charge in [-0.25, -0.2) is 0 Å². The summed E-state index contributed by atoms with van der Waals surface area (Å²) < 4.78 is 16.7. The molecule has 0 aromatic heterocycles. The van der Waals surface area contributed by atoms with Crippen LogP contribution in [0.2, 0.25) is 0 Å². The Bertz CT molecular complexity index is 1090. The van der Waals surface area contributed by atoms with Crippen molar-refractivity contribution < 1.29 is 28.6 Å². The zero-order valence-electron chi connectivity index (χ0n) is 47.6. The van der Waals surface area contributed by atoms with Crippen molar-refractivity contribution in [3.63, 3.8) is 0 Å². The van der Waals surface area contributed by atoms with E-state index in [1.54, 1.807) is 0 Å². The highest BCUT2D eigenvalue weighted by atomic mass is 16.6. The van der Waals surface area contributed by atoms with Crippen LogP contribution in [0.25, 0.3) is 0 Å². The van der Waals surface area contributed by atoms with Crippen molar-refractivity contribution in [3.8, 4) is 0 Å². The molecule has 6 nitrogen and oxygen atoms in total. The van der Waals surface area contributed by atoms with Crippen LogP contribution in [-0.2, 0) is 28.6 Å². The summed E-state index contributed by atoms with van der Waals surface area (Å²) in [5.74, 6) is -0.871. The van der Waals surface area contributed by atoms with Crippen LogP contribution in [0, 0.1) is 0 Å². The summed E-state index contributed by atoms with van der Waals surface area (Å²) in [5.41, 5.74) is 0. The number of carbonyl (C=O) groups is 3. The second kappa shape index (κ2) is 59.7. The molecule has 0 aliphatic heterocycles. The van der Waals surface area contributed by atoms with Gasteiger partial charge in [0.25, 0.3) is 0 Å². The summed E-state index contributed by atoms with van der Waals surface area (Å²) in [4.78, 5) is 37.8. The second-order valence-corrected chi connectivity index (χ2v) is 21.7. The molecule has 0 rings (SSSR count). The Balaban J connectivity index is 3.86. The number of esters is 3. The Labute approximate surface area is 437 Å². The van der Waals surface area contributed by atoms with Crippen molar-refractivity contribution in [3.05, 3.63) is 12.2 Å². The Morgan fingerprint density at radius 3 is 0.714 bits per heavy atom. The van der Waals surface area contributed by atoms with Crippen LogP contribution in [0.1, 0.15) is 361 Å². The maximum Gasteiger partial charge on any atom is 0.306 e. The van der Waals surface area contributed by atoms with Gasteiger partial charge in [-0.15, -0.1) is 0 Å². The first-order valence-corrected chi connectivity index (χ1v) is 31.7. The predicted octanol–water partition coefficient (Wildman–Crippen LogP) is 21.3. The van der Waals surface area contributed by atoms with Crippen LogP contribution in [-0.4, -0.2) is 37.2 Å². The number of carbonyl (C=O) groups excluding carboxylic acids is 3. The van der Waals surface area contributed by atoms with E-state index >= 15 is 0 Å². The zero-order valence-corrected chi connectivity index (χ0v) is 47.6. The lowest BCUT2D eigenvalue weighted by atomic mass is 10.0. The minimum Gasteiger partial charge on any atom is -0.462 e. The third-order valence-electron chi connectivity index (χ3n) is 14.5. The van der Waals surface area contributed by atoms with Crippen LogP contribution in [0.4, 0.5) is 0 Å². The molecule has 0 aliphatic rings. The van der Waals surface area contributed by atoms with E-state index in [2.05, 4.69) is 32.9 Å². The van der Waals surface area contributed by atoms with Crippen LogP contribution in [0.15, 0.2) is 12.2 Å². The SMILES string of the molecule is CCCCCCCC/C=C\CCCCCCCC(=O)OC(COC(=O)CCCCCCC)COC(=O)CCCCCCCCCCCCCCCCCCCCCCCCCCCCCCCCCC. The molecule has 414 valence electrons. The molecule has 0 aromatic rings. The monoisotopic (exact) mass is 987 g/mol. The van der Waals surface area contributed by atoms with Crippen LogP contribution < -0.4 is 0 Å². The molecule has 0 aliphatic carbocycles. The first-order valence-electron chi connectivity index (χ1n) is 31.7. The lowest BCUT2D eigenvalue weighted by molar-refractivity contribution is -0.167. The number of rotatable bonds is 59. The maximum atomic E-state index is 12.8. The number of unbranched alkanes of at least 4 members (excludes halogenated alkanes) is 46. The third-order valence-corrected chi connectivity index (χ3v) is 14.5. The summed E-state index contributed by atoms with van der Waals surface area (Å²) in [5, 5.41) is 0. The molecule has 0 saturated heterocycles. The van der Waals surface area contributed by atoms with Crippen molar-refractivity contribution in [1.82, 2.24) is 0 Å². The van der Waals surface area contributed by atoms with Gasteiger partial charge in [0.1, 0.15) is 13.2 Å². The molecule has 0 fully saturated rings. The average molecular weight is 988 g/mol. The quantitative estimate of drug-likeness (QED) is 0.0261. The molecule has 0 spiro atoms. The Morgan fingerprint density at radius 1 is 0.271 bits per heavy atom. The van der Waals surface area contributed by atoms with Gasteiger partial charge in [-0.2, -0.15) is 0 Å². The van der Waals surface area contributed by atoms with E-state index in [4.69, 9.17) is 14.2 Å². The van der Waals surface area contributed by atoms with E-state index in [1.165, 1.54) is 250 Å². The van der Waals surface area contributed by atoms with Crippen molar-refractivity contribution in [2.75, 3.05) is 13.2 Å². The molecule has 0 heterocycles. The van der Waals surface area contributed by atoms with Crippen LogP contribution in [0.5, 0.6) is 0 Å². The molecule has 0 bridgehead atoms. The molecule has 1 atom stereocenters. The van der Waals surface area contributed by atoms with Crippen molar-refractivity contribution in [1.29, 1.82) is 0 Å². The van der Waals surface area contributed by atoms with Gasteiger partial charge in [0, 0.05) is 19.3 Å². The highest BCUT2D eigenvalue weighted by molar-refractivity contribution is 5.71. The Morgan fingerprint density at radius 2 is 0.471 bits per heavy atom. The van der Waals surface area contributed by atoms with Crippen molar-refractivity contribution >= 4 is 17.9 Å². The predicted molar refractivity (Wildman–Crippen MR) is 303 cm³/mol. The zero-order chi connectivity index (χ0) is 50.7. The fraction of sp³-hybridized carbons (Fsp3) is 0.922. The van der Waals surface area contributed by atoms with Gasteiger partial charge in [-0.3, -0.25) is 14.4 Å². The second-order valence-electron chi connectivity index (χ2n) is 21.7. The van der Waals surface area contributed by atoms with E-state index in [-0.39, 0.29) is 31.1 Å². The highest BCUT2D eigenvalue weighted by Gasteiger charge is 2.19. The first kappa shape index (κ1) is 68.2. The lowest BCUT2D eigenvalue weighted by Crippen LogP contribution is -2.30. The molecular formula is C64H122O6. The fourth-order valence-electron chi connectivity index (χ4n) is 9.74. The van der Waals surface area contributed by atoms with Gasteiger partial charge in [0.05, 0.1) is 0 Å². The minimum absolute atomic E-state index is 0.0691. The molecule has 70 heavy (non-hydrogen) atoms. The topological polar surface area (TPSA) is 78.9 Å². The summed E-state index contributed by atoms with van der Waals surface area (Å²) in [6.45, 7) is 6.60. The molecule has 0 aromatic carbocycles. The molecule has 6 heteroatoms. The normalized spacial score (nSPS) is 12.0. The van der Waals surface area contributed by atoms with Crippen molar-refractivity contribution in [2.45, 2.75) is 367 Å². The summed E-state index contributed by atoms with van der Waals surface area (Å²) in [6.07, 6.45) is 70.1. The molecule has 0 amide bonds. The number of hydrogen-bond donors (Lipinski definition) is 0. The Kier molecular flexibility index (Phi) is 58.1. The average Bonchev–Trinajstić information content (AvgIpc) is 3.36. The van der Waals surface area contributed by atoms with Gasteiger partial charge in [-0.05, 0) is 44.9 Å². The van der Waals surface area contributed by atoms with Gasteiger partial charge in [0.15, 0.2) is 6.10 Å². The van der Waals surface area contributed by atoms with Gasteiger partial charge < -0.3 is 14.2 Å². The number of ether oxygens (including phenoxy) is 3. The number of hydrogen-bond acceptors (Lipinski definition) is 6. The Hall–Kier alpha value is -1.85. The van der Waals surface area contributed by atoms with Crippen LogP contribution in [0.3, 0.4) is 0 Å². The van der Waals surface area contributed by atoms with Gasteiger partial charge in [0.2, 0.25) is 0 Å². The number of allylic oxidation sites excluding steroid dienone is 2. The van der Waals surface area contributed by atoms with E-state index in [1.807, 2.05) is 0 Å². The minimum atomic E-state index is -0.767. The standard InChI is InChI=1S/C64H122O6/c1-4-7-10-13-15-17-19-21-23-24-25-26-27-28-29-30-31-32-33-34-35-36-37-38-39-41-42-44-46-48-51-54-57-63(66)69-60-61(59-68-62(65)56-53-50-12-9-6-3)70-64(67)58-55-52-49-47-45-43-40-22-20-18-16-14-11-8-5-2/h22,40,61H,4-21,23-39,41-60H2,1-3H3/b40-22-. The molecule has 0 saturated carbocycles. The molecule has 0 radical (unpaired) electrons. The van der Waals surface area contributed by atoms with E-state index in [0.717, 1.165) is 70.6 Å². The van der Waals surface area contributed by atoms with Gasteiger partial charge >= 0.3 is 17.9 Å². The fourth-order valence-corrected chi connectivity index (χ4v) is 9.74. The summed E-state index contributed by atoms with van der Waals surface area (Å²) >= 11 is 0. The van der Waals surface area contributed by atoms with E-state index < -0.39 is 6.10 Å². The van der Waals surface area contributed by atoms with E-state index in [9.17, 15) is 14.4 Å². The van der Waals surface area contributed by atoms with Crippen molar-refractivity contribution in [2.24, 2.45) is 0 Å². The highest BCUT2D eigenvalue weighted by Crippen LogP contribution is 2.18. The third kappa shape index (κ3) is 57.1. The molecule has 1 unspecified atom stereocenters. The van der Waals surface area contributed by atoms with Gasteiger partial charge in [-0.1, -0.05) is 309 Å². The smallest absolute Gasteiger partial charge is 0.306 e. The molecule has 0 N–H and O–H groups in total. The first-order chi connectivity index (χ1) is 34.5.